The van der Waals surface area contributed by atoms with Crippen LogP contribution in [0.5, 0.6) is 0 Å². The van der Waals surface area contributed by atoms with Gasteiger partial charge >= 0.3 is 11.9 Å². The average Bonchev–Trinajstić information content (AvgIpc) is 3.36. The number of aromatic nitrogens is 2. The van der Waals surface area contributed by atoms with Crippen molar-refractivity contribution in [2.75, 3.05) is 11.9 Å². The number of hydrogen-bond donors (Lipinski definition) is 3. The SMILES string of the molecule is CC(CCCCN(Cc1ccccn1)Cc1ccccn1)C(=O)NC(CC(=O)OC(C)(C)C)C(=O)NC1=CC2OC(=O)c3ccccc3C3c4ccc(NC=O)cc4CC(=C1)C23. The number of ether oxygens (including phenoxy) is 2. The molecule has 2 aromatic carbocycles. The van der Waals surface area contributed by atoms with Crippen molar-refractivity contribution in [3.8, 4) is 0 Å². The molecule has 2 aromatic heterocycles. The second kappa shape index (κ2) is 19.5. The molecule has 322 valence electrons. The molecule has 0 saturated carbocycles. The lowest BCUT2D eigenvalue weighted by Crippen LogP contribution is -2.50. The van der Waals surface area contributed by atoms with Crippen LogP contribution in [0, 0.1) is 11.8 Å². The lowest BCUT2D eigenvalue weighted by Gasteiger charge is -2.40. The number of carbonyl (C=O) groups is 5. The van der Waals surface area contributed by atoms with Gasteiger partial charge in [-0.25, -0.2) is 4.79 Å². The van der Waals surface area contributed by atoms with E-state index in [2.05, 4.69) is 30.8 Å². The second-order valence-corrected chi connectivity index (χ2v) is 17.2. The van der Waals surface area contributed by atoms with E-state index in [-0.39, 0.29) is 24.2 Å². The van der Waals surface area contributed by atoms with Crippen molar-refractivity contribution in [2.45, 2.75) is 96.6 Å². The third kappa shape index (κ3) is 10.9. The predicted molar refractivity (Wildman–Crippen MR) is 233 cm³/mol. The Morgan fingerprint density at radius 1 is 0.919 bits per heavy atom. The summed E-state index contributed by atoms with van der Waals surface area (Å²) in [5, 5.41) is 8.53. The minimum atomic E-state index is -1.25. The van der Waals surface area contributed by atoms with E-state index in [1.54, 1.807) is 51.4 Å². The number of carbonyl (C=O) groups excluding carboxylic acids is 5. The number of unbranched alkanes of at least 4 members (excludes halogenated alkanes) is 1. The molecule has 7 rings (SSSR count). The summed E-state index contributed by atoms with van der Waals surface area (Å²) in [5.74, 6) is -3.01. The van der Waals surface area contributed by atoms with E-state index in [9.17, 15) is 24.0 Å². The fraction of sp³-hybridized carbons (Fsp3) is 0.367. The molecule has 0 saturated heterocycles. The normalized spacial score (nSPS) is 18.5. The highest BCUT2D eigenvalue weighted by molar-refractivity contribution is 5.94. The lowest BCUT2D eigenvalue weighted by molar-refractivity contribution is -0.156. The van der Waals surface area contributed by atoms with Gasteiger partial charge in [0.2, 0.25) is 18.2 Å². The Morgan fingerprint density at radius 2 is 1.63 bits per heavy atom. The minimum Gasteiger partial charge on any atom is -0.460 e. The summed E-state index contributed by atoms with van der Waals surface area (Å²) in [6.07, 6.45) is 9.32. The van der Waals surface area contributed by atoms with Crippen LogP contribution in [0.4, 0.5) is 5.69 Å². The Bertz CT molecular complexity index is 2300. The van der Waals surface area contributed by atoms with Crippen molar-refractivity contribution in [1.82, 2.24) is 25.5 Å². The van der Waals surface area contributed by atoms with Crippen molar-refractivity contribution in [1.29, 1.82) is 0 Å². The molecule has 13 heteroatoms. The molecule has 0 bridgehead atoms. The number of allylic oxidation sites excluding steroid dienone is 1. The maximum absolute atomic E-state index is 14.2. The fourth-order valence-electron chi connectivity index (χ4n) is 8.60. The molecule has 0 spiro atoms. The predicted octanol–water partition coefficient (Wildman–Crippen LogP) is 6.55. The largest absolute Gasteiger partial charge is 0.460 e. The highest BCUT2D eigenvalue weighted by atomic mass is 16.6. The van der Waals surface area contributed by atoms with Crippen LogP contribution < -0.4 is 16.0 Å². The summed E-state index contributed by atoms with van der Waals surface area (Å²) < 4.78 is 11.7. The van der Waals surface area contributed by atoms with Crippen LogP contribution in [-0.4, -0.2) is 69.3 Å². The van der Waals surface area contributed by atoms with E-state index >= 15 is 0 Å². The maximum atomic E-state index is 14.2. The molecule has 1 aliphatic heterocycles. The summed E-state index contributed by atoms with van der Waals surface area (Å²) >= 11 is 0. The van der Waals surface area contributed by atoms with Gasteiger partial charge in [-0.2, -0.15) is 0 Å². The molecule has 5 atom stereocenters. The molecule has 2 aliphatic carbocycles. The molecular formula is C49H54N6O7. The van der Waals surface area contributed by atoms with Gasteiger partial charge in [0.15, 0.2) is 0 Å². The summed E-state index contributed by atoms with van der Waals surface area (Å²) in [5.41, 5.74) is 6.37. The van der Waals surface area contributed by atoms with Crippen molar-refractivity contribution in [2.24, 2.45) is 11.8 Å². The monoisotopic (exact) mass is 838 g/mol. The van der Waals surface area contributed by atoms with Gasteiger partial charge in [0.1, 0.15) is 17.7 Å². The van der Waals surface area contributed by atoms with Crippen molar-refractivity contribution in [3.05, 3.63) is 148 Å². The molecule has 62 heavy (non-hydrogen) atoms. The number of esters is 2. The van der Waals surface area contributed by atoms with Gasteiger partial charge in [-0.3, -0.25) is 34.0 Å². The third-order valence-corrected chi connectivity index (χ3v) is 11.4. The Labute approximate surface area is 362 Å². The van der Waals surface area contributed by atoms with Gasteiger partial charge in [0.05, 0.1) is 23.4 Å². The van der Waals surface area contributed by atoms with Crippen LogP contribution in [-0.2, 0) is 48.2 Å². The number of pyridine rings is 2. The standard InChI is InChI=1S/C49H54N6O7/c1-31(13-9-12-22-55(28-35-14-7-10-20-50-35)29-36-15-8-11-21-51-36)46(58)54-41(27-43(57)62-49(2,3)4)47(59)53-37-25-33-23-32-24-34(52-30-56)18-19-38(32)45-39-16-5-6-17-40(39)48(60)61-42(26-37)44(33)45/h5-8,10-11,14-21,24-26,30-31,41-42,44-45H,9,12-13,22-23,27-29H2,1-4H3,(H,52,56)(H,53,59)(H,54,58). The number of benzene rings is 2. The molecule has 0 fully saturated rings. The zero-order valence-corrected chi connectivity index (χ0v) is 35.6. The van der Waals surface area contributed by atoms with Gasteiger partial charge in [0.25, 0.3) is 0 Å². The zero-order valence-electron chi connectivity index (χ0n) is 35.6. The molecule has 0 radical (unpaired) electrons. The van der Waals surface area contributed by atoms with Crippen molar-refractivity contribution >= 4 is 35.9 Å². The quantitative estimate of drug-likeness (QED) is 0.0602. The topological polar surface area (TPSA) is 169 Å². The van der Waals surface area contributed by atoms with Crippen molar-refractivity contribution in [3.63, 3.8) is 0 Å². The van der Waals surface area contributed by atoms with Crippen LogP contribution >= 0.6 is 0 Å². The second-order valence-electron chi connectivity index (χ2n) is 17.2. The highest BCUT2D eigenvalue weighted by Gasteiger charge is 2.45. The molecular weight excluding hydrogens is 785 g/mol. The van der Waals surface area contributed by atoms with Crippen LogP contribution in [0.25, 0.3) is 0 Å². The summed E-state index contributed by atoms with van der Waals surface area (Å²) in [6, 6.07) is 23.7. The molecule has 5 unspecified atom stereocenters. The fourth-order valence-corrected chi connectivity index (χ4v) is 8.60. The number of rotatable bonds is 17. The number of anilines is 1. The van der Waals surface area contributed by atoms with Gasteiger partial charge in [-0.05, 0) is 118 Å². The first-order valence-corrected chi connectivity index (χ1v) is 21.3. The number of nitrogens with one attached hydrogen (secondary N) is 3. The molecule has 3 aliphatic rings. The van der Waals surface area contributed by atoms with Gasteiger partial charge < -0.3 is 25.4 Å². The number of fused-ring (bicyclic) bond motifs is 4. The summed E-state index contributed by atoms with van der Waals surface area (Å²) in [4.78, 5) is 77.4. The van der Waals surface area contributed by atoms with Crippen molar-refractivity contribution < 1.29 is 33.4 Å². The Balaban J connectivity index is 1.05. The number of amides is 3. The Hall–Kier alpha value is -6.47. The van der Waals surface area contributed by atoms with E-state index in [0.717, 1.165) is 53.0 Å². The van der Waals surface area contributed by atoms with E-state index in [0.29, 0.717) is 49.3 Å². The van der Waals surface area contributed by atoms with Gasteiger partial charge in [-0.15, -0.1) is 0 Å². The highest BCUT2D eigenvalue weighted by Crippen LogP contribution is 2.50. The average molecular weight is 839 g/mol. The first kappa shape index (κ1) is 43.6. The Morgan fingerprint density at radius 3 is 2.31 bits per heavy atom. The van der Waals surface area contributed by atoms with E-state index in [1.807, 2.05) is 79.7 Å². The summed E-state index contributed by atoms with van der Waals surface area (Å²) in [7, 11) is 0. The first-order valence-electron chi connectivity index (χ1n) is 21.3. The Kier molecular flexibility index (Phi) is 13.7. The van der Waals surface area contributed by atoms with Crippen LogP contribution in [0.3, 0.4) is 0 Å². The first-order chi connectivity index (χ1) is 29.8. The number of hydrogen-bond acceptors (Lipinski definition) is 10. The van der Waals surface area contributed by atoms with Gasteiger partial charge in [-0.1, -0.05) is 55.3 Å². The summed E-state index contributed by atoms with van der Waals surface area (Å²) in [6.45, 7) is 9.12. The molecule has 3 N–H and O–H groups in total. The molecule has 3 heterocycles. The molecule has 3 amide bonds. The third-order valence-electron chi connectivity index (χ3n) is 11.4. The van der Waals surface area contributed by atoms with E-state index in [4.69, 9.17) is 9.47 Å². The smallest absolute Gasteiger partial charge is 0.339 e. The van der Waals surface area contributed by atoms with Crippen LogP contribution in [0.2, 0.25) is 0 Å². The maximum Gasteiger partial charge on any atom is 0.339 e. The molecule has 4 aromatic rings. The van der Waals surface area contributed by atoms with Crippen LogP contribution in [0.1, 0.15) is 97.7 Å². The van der Waals surface area contributed by atoms with Gasteiger partial charge in [0, 0.05) is 54.6 Å². The van der Waals surface area contributed by atoms with Crippen LogP contribution in [0.15, 0.2) is 115 Å². The molecule has 13 nitrogen and oxygen atoms in total. The zero-order chi connectivity index (χ0) is 43.8. The van der Waals surface area contributed by atoms with E-state index < -0.39 is 41.5 Å². The lowest BCUT2D eigenvalue weighted by atomic mass is 9.65. The number of nitrogens with zero attached hydrogens (tertiary/aromatic N) is 3. The minimum absolute atomic E-state index is 0.234. The van der Waals surface area contributed by atoms with E-state index in [1.165, 1.54) is 0 Å².